The van der Waals surface area contributed by atoms with Crippen LogP contribution < -0.4 is 9.47 Å². The van der Waals surface area contributed by atoms with Gasteiger partial charge in [-0.25, -0.2) is 0 Å². The Kier molecular flexibility index (Phi) is 5.95. The number of aliphatic hydroxyl groups excluding tert-OH is 1. The second-order valence-electron chi connectivity index (χ2n) is 6.07. The number of methoxy groups -OCH3 is 2. The highest BCUT2D eigenvalue weighted by molar-refractivity contribution is 5.85. The molecule has 1 saturated heterocycles. The third kappa shape index (κ3) is 3.19. The topological polar surface area (TPSA) is 41.9 Å². The molecule has 0 saturated carbocycles. The lowest BCUT2D eigenvalue weighted by atomic mass is 9.83. The van der Waals surface area contributed by atoms with Crippen molar-refractivity contribution in [2.24, 2.45) is 0 Å². The van der Waals surface area contributed by atoms with Gasteiger partial charge in [0, 0.05) is 23.6 Å². The summed E-state index contributed by atoms with van der Waals surface area (Å²) < 4.78 is 11.0. The van der Waals surface area contributed by atoms with Crippen molar-refractivity contribution in [3.8, 4) is 11.5 Å². The zero-order valence-corrected chi connectivity index (χ0v) is 14.2. The lowest BCUT2D eigenvalue weighted by Crippen LogP contribution is -2.50. The summed E-state index contributed by atoms with van der Waals surface area (Å²) in [5, 5.41) is 10.6. The molecule has 5 heteroatoms. The number of nitrogens with zero attached hydrogens (tertiary/aromatic N) is 1. The number of ether oxygens (including phenoxy) is 2. The van der Waals surface area contributed by atoms with Gasteiger partial charge in [-0.2, -0.15) is 0 Å². The molecule has 124 valence electrons. The Morgan fingerprint density at radius 2 is 1.50 bits per heavy atom. The molecule has 1 N–H and O–H groups in total. The van der Waals surface area contributed by atoms with Gasteiger partial charge in [-0.3, -0.25) is 4.90 Å². The number of hydrogen-bond donors (Lipinski definition) is 1. The van der Waals surface area contributed by atoms with Crippen LogP contribution in [0.3, 0.4) is 0 Å². The average Bonchev–Trinajstić information content (AvgIpc) is 2.54. The van der Waals surface area contributed by atoms with Crippen LogP contribution in [0.2, 0.25) is 0 Å². The molecule has 2 atom stereocenters. The van der Waals surface area contributed by atoms with Crippen LogP contribution >= 0.6 is 12.4 Å². The normalized spacial score (nSPS) is 25.0. The molecule has 22 heavy (non-hydrogen) atoms. The third-order valence-corrected chi connectivity index (χ3v) is 4.92. The van der Waals surface area contributed by atoms with E-state index in [1.165, 1.54) is 24.8 Å². The zero-order valence-electron chi connectivity index (χ0n) is 13.4. The second kappa shape index (κ2) is 7.53. The molecule has 1 aliphatic carbocycles. The van der Waals surface area contributed by atoms with E-state index in [4.69, 9.17) is 9.47 Å². The Labute approximate surface area is 138 Å². The van der Waals surface area contributed by atoms with Gasteiger partial charge in [0.1, 0.15) is 11.5 Å². The Morgan fingerprint density at radius 1 is 0.955 bits per heavy atom. The van der Waals surface area contributed by atoms with E-state index in [0.717, 1.165) is 36.6 Å². The van der Waals surface area contributed by atoms with Gasteiger partial charge in [0.05, 0.1) is 20.3 Å². The Bertz CT molecular complexity index is 503. The number of likely N-dealkylation sites (tertiary alicyclic amines) is 1. The van der Waals surface area contributed by atoms with Crippen LogP contribution in [0.25, 0.3) is 0 Å². The van der Waals surface area contributed by atoms with Gasteiger partial charge in [0.25, 0.3) is 0 Å². The molecule has 4 nitrogen and oxygen atoms in total. The minimum absolute atomic E-state index is 0. The lowest BCUT2D eigenvalue weighted by molar-refractivity contribution is 0.0316. The number of piperidine rings is 1. The summed E-state index contributed by atoms with van der Waals surface area (Å²) in [5.41, 5.74) is 2.32. The highest BCUT2D eigenvalue weighted by Gasteiger charge is 2.35. The van der Waals surface area contributed by atoms with E-state index in [9.17, 15) is 5.11 Å². The van der Waals surface area contributed by atoms with Crippen molar-refractivity contribution in [1.29, 1.82) is 0 Å². The van der Waals surface area contributed by atoms with Gasteiger partial charge in [0.15, 0.2) is 0 Å². The van der Waals surface area contributed by atoms with Crippen molar-refractivity contribution in [2.75, 3.05) is 27.3 Å². The minimum atomic E-state index is -0.323. The van der Waals surface area contributed by atoms with Crippen LogP contribution in [-0.4, -0.2) is 49.5 Å². The second-order valence-corrected chi connectivity index (χ2v) is 6.07. The maximum absolute atomic E-state index is 10.6. The molecule has 1 fully saturated rings. The molecule has 0 aromatic heterocycles. The molecule has 1 aromatic rings. The molecular weight excluding hydrogens is 302 g/mol. The van der Waals surface area contributed by atoms with Crippen molar-refractivity contribution < 1.29 is 14.6 Å². The summed E-state index contributed by atoms with van der Waals surface area (Å²) in [6.45, 7) is 2.20. The quantitative estimate of drug-likeness (QED) is 0.926. The van der Waals surface area contributed by atoms with Crippen molar-refractivity contribution >= 4 is 12.4 Å². The number of hydrogen-bond acceptors (Lipinski definition) is 4. The molecule has 0 bridgehead atoms. The van der Waals surface area contributed by atoms with Gasteiger partial charge >= 0.3 is 0 Å². The van der Waals surface area contributed by atoms with E-state index >= 15 is 0 Å². The summed E-state index contributed by atoms with van der Waals surface area (Å²) in [6, 6.07) is 4.12. The summed E-state index contributed by atoms with van der Waals surface area (Å²) >= 11 is 0. The monoisotopic (exact) mass is 327 g/mol. The highest BCUT2D eigenvalue weighted by Crippen LogP contribution is 2.37. The molecule has 2 aliphatic rings. The summed E-state index contributed by atoms with van der Waals surface area (Å²) in [6.07, 6.45) is 4.97. The number of benzene rings is 1. The summed E-state index contributed by atoms with van der Waals surface area (Å²) in [7, 11) is 3.40. The van der Waals surface area contributed by atoms with E-state index in [1.807, 2.05) is 12.1 Å². The summed E-state index contributed by atoms with van der Waals surface area (Å²) in [5.74, 6) is 1.78. The van der Waals surface area contributed by atoms with Gasteiger partial charge in [-0.1, -0.05) is 6.42 Å². The fourth-order valence-corrected chi connectivity index (χ4v) is 3.79. The SMILES string of the molecule is COc1ccc(OC)c2c1C[C@@H](O)[C@H](N1CCCCC1)C2.Cl. The average molecular weight is 328 g/mol. The van der Waals surface area contributed by atoms with Crippen LogP contribution in [-0.2, 0) is 12.8 Å². The predicted octanol–water partition coefficient (Wildman–Crippen LogP) is 2.44. The van der Waals surface area contributed by atoms with Crippen LogP contribution in [0.4, 0.5) is 0 Å². The van der Waals surface area contributed by atoms with Gasteiger partial charge in [0.2, 0.25) is 0 Å². The molecule has 0 radical (unpaired) electrons. The molecule has 1 aliphatic heterocycles. The van der Waals surface area contributed by atoms with E-state index in [2.05, 4.69) is 4.90 Å². The molecule has 3 rings (SSSR count). The van der Waals surface area contributed by atoms with Gasteiger partial charge in [-0.05, 0) is 44.5 Å². The van der Waals surface area contributed by atoms with Crippen molar-refractivity contribution in [3.05, 3.63) is 23.3 Å². The van der Waals surface area contributed by atoms with Crippen LogP contribution in [0, 0.1) is 0 Å². The molecular formula is C17H26ClNO3. The van der Waals surface area contributed by atoms with Crippen LogP contribution in [0.5, 0.6) is 11.5 Å². The van der Waals surface area contributed by atoms with Crippen LogP contribution in [0.15, 0.2) is 12.1 Å². The number of fused-ring (bicyclic) bond motifs is 1. The van der Waals surface area contributed by atoms with E-state index < -0.39 is 0 Å². The van der Waals surface area contributed by atoms with E-state index in [1.54, 1.807) is 14.2 Å². The highest BCUT2D eigenvalue weighted by atomic mass is 35.5. The molecule has 1 aromatic carbocycles. The Morgan fingerprint density at radius 3 is 2.05 bits per heavy atom. The molecule has 0 amide bonds. The van der Waals surface area contributed by atoms with Gasteiger partial charge < -0.3 is 14.6 Å². The molecule has 1 heterocycles. The maximum atomic E-state index is 10.6. The predicted molar refractivity (Wildman–Crippen MR) is 89.4 cm³/mol. The molecule has 0 unspecified atom stereocenters. The first-order valence-electron chi connectivity index (χ1n) is 7.89. The third-order valence-electron chi connectivity index (χ3n) is 4.92. The van der Waals surface area contributed by atoms with Crippen molar-refractivity contribution in [3.63, 3.8) is 0 Å². The number of aliphatic hydroxyl groups is 1. The lowest BCUT2D eigenvalue weighted by Gasteiger charge is -2.40. The standard InChI is InChI=1S/C17H25NO3.ClH/c1-20-16-6-7-17(21-2)13-11-15(19)14(10-12(13)16)18-8-4-3-5-9-18;/h6-7,14-15,19H,3-5,8-11H2,1-2H3;1H/t14-,15-;/m1./s1. The Hall–Kier alpha value is -0.970. The Balaban J connectivity index is 0.00000176. The number of halogens is 1. The first-order valence-corrected chi connectivity index (χ1v) is 7.89. The maximum Gasteiger partial charge on any atom is 0.122 e. The van der Waals surface area contributed by atoms with Gasteiger partial charge in [-0.15, -0.1) is 12.4 Å². The first-order chi connectivity index (χ1) is 10.2. The fraction of sp³-hybridized carbons (Fsp3) is 0.647. The smallest absolute Gasteiger partial charge is 0.122 e. The minimum Gasteiger partial charge on any atom is -0.496 e. The van der Waals surface area contributed by atoms with Crippen molar-refractivity contribution in [1.82, 2.24) is 4.90 Å². The largest absolute Gasteiger partial charge is 0.496 e. The van der Waals surface area contributed by atoms with E-state index in [0.29, 0.717) is 6.42 Å². The number of rotatable bonds is 3. The molecule has 0 spiro atoms. The van der Waals surface area contributed by atoms with E-state index in [-0.39, 0.29) is 24.6 Å². The zero-order chi connectivity index (χ0) is 14.8. The summed E-state index contributed by atoms with van der Waals surface area (Å²) in [4.78, 5) is 2.45. The fourth-order valence-electron chi connectivity index (χ4n) is 3.79. The van der Waals surface area contributed by atoms with Crippen LogP contribution in [0.1, 0.15) is 30.4 Å². The first kappa shape index (κ1) is 17.4. The van der Waals surface area contributed by atoms with Crippen molar-refractivity contribution in [2.45, 2.75) is 44.2 Å².